The summed E-state index contributed by atoms with van der Waals surface area (Å²) >= 11 is 0. The number of hydrogen-bond acceptors (Lipinski definition) is 20. The second-order valence-corrected chi connectivity index (χ2v) is 25.1. The van der Waals surface area contributed by atoms with Gasteiger partial charge in [0, 0.05) is 11.3 Å². The summed E-state index contributed by atoms with van der Waals surface area (Å²) < 4.78 is 47.3. The van der Waals surface area contributed by atoms with E-state index in [1.165, 1.54) is 6.92 Å². The Kier molecular flexibility index (Phi) is 14.7. The molecular formula is C52H80O21. The Morgan fingerprint density at radius 2 is 1.40 bits per heavy atom. The van der Waals surface area contributed by atoms with Crippen LogP contribution in [0.25, 0.3) is 0 Å². The van der Waals surface area contributed by atoms with Crippen molar-refractivity contribution in [2.24, 2.45) is 50.2 Å². The van der Waals surface area contributed by atoms with Gasteiger partial charge in [0.15, 0.2) is 31.1 Å². The molecular weight excluding hydrogens is 961 g/mol. The minimum Gasteiger partial charge on any atom is -0.479 e. The number of aliphatic hydroxyl groups excluding tert-OH is 9. The van der Waals surface area contributed by atoms with Gasteiger partial charge >= 0.3 is 11.9 Å². The number of allylic oxidation sites excluding steroid dienone is 3. The highest BCUT2D eigenvalue weighted by molar-refractivity contribution is 5.81. The Bertz CT molecular complexity index is 2140. The summed E-state index contributed by atoms with van der Waals surface area (Å²) in [5, 5.41) is 117. The summed E-state index contributed by atoms with van der Waals surface area (Å²) in [4.78, 5) is 27.1. The lowest BCUT2D eigenvalue weighted by atomic mass is 9.34. The zero-order chi connectivity index (χ0) is 53.3. The van der Waals surface area contributed by atoms with E-state index in [1.807, 2.05) is 6.08 Å². The monoisotopic (exact) mass is 1040 g/mol. The summed E-state index contributed by atoms with van der Waals surface area (Å²) in [5.41, 5.74) is -3.67. The number of carbonyl (C=O) groups excluding carboxylic acids is 1. The van der Waals surface area contributed by atoms with Crippen LogP contribution >= 0.6 is 0 Å². The normalized spacial score (nSPS) is 53.2. The molecule has 4 aliphatic heterocycles. The van der Waals surface area contributed by atoms with E-state index < -0.39 is 158 Å². The van der Waals surface area contributed by atoms with Crippen LogP contribution in [0.5, 0.6) is 0 Å². The molecule has 21 nitrogen and oxygen atoms in total. The van der Waals surface area contributed by atoms with E-state index in [0.717, 1.165) is 31.3 Å². The average molecular weight is 1040 g/mol. The number of aliphatic hydroxyl groups is 10. The highest BCUT2D eigenvalue weighted by atomic mass is 16.8. The van der Waals surface area contributed by atoms with Crippen molar-refractivity contribution in [2.45, 2.75) is 217 Å². The lowest BCUT2D eigenvalue weighted by Crippen LogP contribution is -2.65. The van der Waals surface area contributed by atoms with Gasteiger partial charge in [-0.15, -0.1) is 0 Å². The van der Waals surface area contributed by atoms with Crippen molar-refractivity contribution in [2.75, 3.05) is 19.8 Å². The molecule has 9 rings (SSSR count). The van der Waals surface area contributed by atoms with E-state index in [1.54, 1.807) is 0 Å². The second-order valence-electron chi connectivity index (χ2n) is 25.1. The molecule has 0 bridgehead atoms. The van der Waals surface area contributed by atoms with E-state index in [-0.39, 0.29) is 34.0 Å². The third-order valence-electron chi connectivity index (χ3n) is 20.1. The molecule has 73 heavy (non-hydrogen) atoms. The van der Waals surface area contributed by atoms with Crippen molar-refractivity contribution >= 4 is 11.9 Å². The van der Waals surface area contributed by atoms with Gasteiger partial charge in [-0.25, -0.2) is 4.79 Å². The average Bonchev–Trinajstić information content (AvgIpc) is 3.61. The second kappa shape index (κ2) is 19.3. The van der Waals surface area contributed by atoms with Crippen LogP contribution < -0.4 is 0 Å². The molecule has 4 saturated heterocycles. The molecule has 21 heteroatoms. The fraction of sp³-hybridized carbons (Fsp3) is 0.885. The van der Waals surface area contributed by atoms with Crippen molar-refractivity contribution in [3.8, 4) is 0 Å². The molecule has 0 aromatic rings. The quantitative estimate of drug-likeness (QED) is 0.0788. The molecule has 0 spiro atoms. The van der Waals surface area contributed by atoms with Crippen molar-refractivity contribution in [3.63, 3.8) is 0 Å². The van der Waals surface area contributed by atoms with Gasteiger partial charge in [-0.2, -0.15) is 0 Å². The Morgan fingerprint density at radius 3 is 2.07 bits per heavy atom. The lowest BCUT2D eigenvalue weighted by Gasteiger charge is -2.70. The van der Waals surface area contributed by atoms with E-state index in [9.17, 15) is 61.0 Å². The van der Waals surface area contributed by atoms with Gasteiger partial charge in [-0.05, 0) is 91.8 Å². The first-order valence-corrected chi connectivity index (χ1v) is 26.1. The molecule has 25 unspecified atom stereocenters. The Balaban J connectivity index is 0.950. The minimum absolute atomic E-state index is 0.131. The highest BCUT2D eigenvalue weighted by Gasteiger charge is 2.69. The third kappa shape index (κ3) is 8.80. The molecule has 7 fully saturated rings. The van der Waals surface area contributed by atoms with Crippen LogP contribution in [-0.2, 0) is 47.5 Å². The first-order chi connectivity index (χ1) is 34.0. The van der Waals surface area contributed by atoms with Crippen LogP contribution in [0.4, 0.5) is 0 Å². The van der Waals surface area contributed by atoms with Crippen molar-refractivity contribution in [3.05, 3.63) is 23.8 Å². The predicted octanol–water partition coefficient (Wildman–Crippen LogP) is 0.140. The number of carboxylic acid groups (broad SMARTS) is 1. The number of ether oxygens (including phenoxy) is 8. The van der Waals surface area contributed by atoms with Gasteiger partial charge in [-0.1, -0.05) is 72.3 Å². The van der Waals surface area contributed by atoms with Crippen molar-refractivity contribution in [1.29, 1.82) is 0 Å². The molecule has 11 N–H and O–H groups in total. The summed E-state index contributed by atoms with van der Waals surface area (Å²) in [6.07, 6.45) is -14.2. The third-order valence-corrected chi connectivity index (χ3v) is 20.1. The lowest BCUT2D eigenvalue weighted by molar-refractivity contribution is -0.361. The minimum atomic E-state index is -2.05. The zero-order valence-corrected chi connectivity index (χ0v) is 43.1. The van der Waals surface area contributed by atoms with Crippen LogP contribution in [0.2, 0.25) is 0 Å². The molecule has 4 heterocycles. The van der Waals surface area contributed by atoms with Crippen LogP contribution in [0.1, 0.15) is 107 Å². The maximum absolute atomic E-state index is 15.2. The fourth-order valence-corrected chi connectivity index (χ4v) is 15.3. The van der Waals surface area contributed by atoms with Crippen molar-refractivity contribution < 1.29 is 104 Å². The number of aliphatic carboxylic acids is 1. The van der Waals surface area contributed by atoms with Gasteiger partial charge in [0.2, 0.25) is 6.29 Å². The van der Waals surface area contributed by atoms with E-state index in [0.29, 0.717) is 25.7 Å². The molecule has 25 atom stereocenters. The van der Waals surface area contributed by atoms with Gasteiger partial charge in [0.25, 0.3) is 0 Å². The predicted molar refractivity (Wildman–Crippen MR) is 250 cm³/mol. The molecule has 3 saturated carbocycles. The first-order valence-electron chi connectivity index (χ1n) is 26.1. The standard InChI is InChI=1S/C52H80O21/c1-23-30(55)36(70-44-39(61)52(65,21-53)22-67-44)35(60)42(68-23)72-38-31(56)26(54)20-66-43(38)73-45(64)51-17-15-46(2,3)19-25(51)24-9-10-28-48(6)13-12-29(69-41-34(59)32(57)33(58)37(71-41)40(62)63)47(4,5)27(48)11-14-50(28,8)49(24,7)16-18-51/h9,16,18,23,25-39,41-44,53-61,65H,10-15,17,19-22H2,1-8H3,(H,62,63). The van der Waals surface area contributed by atoms with Crippen LogP contribution in [0, 0.1) is 50.2 Å². The van der Waals surface area contributed by atoms with Crippen LogP contribution in [0.15, 0.2) is 23.8 Å². The van der Waals surface area contributed by atoms with Crippen LogP contribution in [-0.4, -0.2) is 198 Å². The molecule has 0 amide bonds. The zero-order valence-electron chi connectivity index (χ0n) is 43.1. The molecule has 5 aliphatic carbocycles. The highest BCUT2D eigenvalue weighted by Crippen LogP contribution is 2.75. The Labute approximate surface area is 425 Å². The molecule has 414 valence electrons. The van der Waals surface area contributed by atoms with Gasteiger partial charge in [0.05, 0.1) is 37.4 Å². The number of carbonyl (C=O) groups is 2. The smallest absolute Gasteiger partial charge is 0.335 e. The number of esters is 1. The topological polar surface area (TPSA) is 331 Å². The van der Waals surface area contributed by atoms with Gasteiger partial charge < -0.3 is 94.1 Å². The summed E-state index contributed by atoms with van der Waals surface area (Å²) in [5.74, 6) is -2.07. The number of fused-ring (bicyclic) bond motifs is 7. The van der Waals surface area contributed by atoms with Gasteiger partial charge in [-0.3, -0.25) is 4.79 Å². The van der Waals surface area contributed by atoms with Crippen LogP contribution in [0.3, 0.4) is 0 Å². The van der Waals surface area contributed by atoms with Crippen molar-refractivity contribution in [1.82, 2.24) is 0 Å². The summed E-state index contributed by atoms with van der Waals surface area (Å²) in [7, 11) is 0. The Hall–Kier alpha value is -2.26. The van der Waals surface area contributed by atoms with E-state index in [2.05, 4.69) is 60.6 Å². The SMILES string of the molecule is CC1OC(OC2C(OC(=O)C34C=CC5(C)C(=CCC6C7(C)CCC(OC8OC(C(=O)O)C(O)C(O)C8O)C(C)(C)C7CCC65C)C3CC(C)(C)CC4)OCC(O)C2O)C(O)C(OC2OCC(O)(CO)C2O)C1O. The van der Waals surface area contributed by atoms with E-state index >= 15 is 4.79 Å². The summed E-state index contributed by atoms with van der Waals surface area (Å²) in [6.45, 7) is 15.4. The number of rotatable bonds is 10. The summed E-state index contributed by atoms with van der Waals surface area (Å²) in [6, 6.07) is 0. The molecule has 0 aromatic carbocycles. The first kappa shape index (κ1) is 55.5. The number of carboxylic acids is 1. The molecule has 0 aromatic heterocycles. The number of hydrogen-bond donors (Lipinski definition) is 11. The fourth-order valence-electron chi connectivity index (χ4n) is 15.3. The molecule has 0 radical (unpaired) electrons. The molecule has 9 aliphatic rings. The largest absolute Gasteiger partial charge is 0.479 e. The maximum atomic E-state index is 15.2. The van der Waals surface area contributed by atoms with Gasteiger partial charge in [0.1, 0.15) is 60.5 Å². The Morgan fingerprint density at radius 1 is 0.712 bits per heavy atom. The maximum Gasteiger partial charge on any atom is 0.335 e. The van der Waals surface area contributed by atoms with E-state index in [4.69, 9.17) is 37.9 Å².